The van der Waals surface area contributed by atoms with Crippen molar-refractivity contribution in [3.05, 3.63) is 58.9 Å². The zero-order valence-corrected chi connectivity index (χ0v) is 15.3. The molecule has 0 spiro atoms. The van der Waals surface area contributed by atoms with Crippen molar-refractivity contribution in [3.63, 3.8) is 0 Å². The van der Waals surface area contributed by atoms with Crippen LogP contribution < -0.4 is 10.6 Å². The molecule has 6 nitrogen and oxygen atoms in total. The SMILES string of the molecule is O=C(NCCN1CCOCC1)c1ccc(NCc2ccccc2Cl)cn1. The number of morpholine rings is 1. The van der Waals surface area contributed by atoms with Crippen molar-refractivity contribution < 1.29 is 9.53 Å². The Morgan fingerprint density at radius 1 is 1.19 bits per heavy atom. The lowest BCUT2D eigenvalue weighted by Gasteiger charge is -2.26. The maximum absolute atomic E-state index is 12.2. The van der Waals surface area contributed by atoms with Crippen LogP contribution in [-0.2, 0) is 11.3 Å². The monoisotopic (exact) mass is 374 g/mol. The molecule has 1 saturated heterocycles. The summed E-state index contributed by atoms with van der Waals surface area (Å²) in [6.07, 6.45) is 1.66. The van der Waals surface area contributed by atoms with E-state index in [0.29, 0.717) is 18.8 Å². The first-order chi connectivity index (χ1) is 12.7. The number of hydrogen-bond acceptors (Lipinski definition) is 5. The lowest BCUT2D eigenvalue weighted by atomic mass is 10.2. The minimum Gasteiger partial charge on any atom is -0.380 e. The van der Waals surface area contributed by atoms with Crippen LogP contribution >= 0.6 is 11.6 Å². The Kier molecular flexibility index (Phi) is 6.82. The number of nitrogens with zero attached hydrogens (tertiary/aromatic N) is 2. The third-order valence-electron chi connectivity index (χ3n) is 4.25. The molecule has 1 aromatic heterocycles. The third-order valence-corrected chi connectivity index (χ3v) is 4.62. The Bertz CT molecular complexity index is 718. The number of nitrogens with one attached hydrogen (secondary N) is 2. The van der Waals surface area contributed by atoms with E-state index in [1.54, 1.807) is 12.3 Å². The molecule has 1 aliphatic rings. The Balaban J connectivity index is 1.44. The first kappa shape index (κ1) is 18.6. The van der Waals surface area contributed by atoms with Gasteiger partial charge in [0.1, 0.15) is 5.69 Å². The van der Waals surface area contributed by atoms with Gasteiger partial charge in [-0.25, -0.2) is 4.98 Å². The van der Waals surface area contributed by atoms with Crippen LogP contribution in [0, 0.1) is 0 Å². The minimum atomic E-state index is -0.157. The lowest BCUT2D eigenvalue weighted by Crippen LogP contribution is -2.41. The molecule has 1 aromatic carbocycles. The third kappa shape index (κ3) is 5.42. The number of rotatable bonds is 7. The van der Waals surface area contributed by atoms with Crippen molar-refractivity contribution in [2.24, 2.45) is 0 Å². The molecular formula is C19H23ClN4O2. The first-order valence-corrected chi connectivity index (χ1v) is 9.12. The molecule has 26 heavy (non-hydrogen) atoms. The van der Waals surface area contributed by atoms with Gasteiger partial charge in [-0.05, 0) is 23.8 Å². The number of carbonyl (C=O) groups excluding carboxylic acids is 1. The molecule has 0 bridgehead atoms. The zero-order chi connectivity index (χ0) is 18.2. The highest BCUT2D eigenvalue weighted by Gasteiger charge is 2.11. The summed E-state index contributed by atoms with van der Waals surface area (Å²) in [7, 11) is 0. The van der Waals surface area contributed by atoms with Gasteiger partial charge in [0.05, 0.1) is 25.1 Å². The number of ether oxygens (including phenoxy) is 1. The number of amides is 1. The highest BCUT2D eigenvalue weighted by Crippen LogP contribution is 2.16. The average molecular weight is 375 g/mol. The zero-order valence-electron chi connectivity index (χ0n) is 14.6. The fourth-order valence-electron chi connectivity index (χ4n) is 2.71. The summed E-state index contributed by atoms with van der Waals surface area (Å²) in [4.78, 5) is 18.7. The van der Waals surface area contributed by atoms with Crippen molar-refractivity contribution in [3.8, 4) is 0 Å². The second kappa shape index (κ2) is 9.52. The largest absolute Gasteiger partial charge is 0.380 e. The highest BCUT2D eigenvalue weighted by molar-refractivity contribution is 6.31. The van der Waals surface area contributed by atoms with Gasteiger partial charge in [-0.2, -0.15) is 0 Å². The Morgan fingerprint density at radius 2 is 2.00 bits per heavy atom. The van der Waals surface area contributed by atoms with Gasteiger partial charge in [-0.3, -0.25) is 9.69 Å². The number of benzene rings is 1. The van der Waals surface area contributed by atoms with Crippen LogP contribution in [0.2, 0.25) is 5.02 Å². The van der Waals surface area contributed by atoms with Crippen LogP contribution in [0.5, 0.6) is 0 Å². The molecule has 138 valence electrons. The van der Waals surface area contributed by atoms with Gasteiger partial charge in [0, 0.05) is 37.7 Å². The fraction of sp³-hybridized carbons (Fsp3) is 0.368. The molecule has 2 heterocycles. The number of aromatic nitrogens is 1. The van der Waals surface area contributed by atoms with Gasteiger partial charge in [0.15, 0.2) is 0 Å². The molecular weight excluding hydrogens is 352 g/mol. The van der Waals surface area contributed by atoms with Gasteiger partial charge in [-0.1, -0.05) is 29.8 Å². The standard InChI is InChI=1S/C19H23ClN4O2/c20-17-4-2-1-3-15(17)13-22-16-5-6-18(23-14-16)19(25)21-7-8-24-9-11-26-12-10-24/h1-6,14,22H,7-13H2,(H,21,25). The van der Waals surface area contributed by atoms with E-state index in [4.69, 9.17) is 16.3 Å². The van der Waals surface area contributed by atoms with Crippen LogP contribution in [-0.4, -0.2) is 55.2 Å². The molecule has 2 aromatic rings. The van der Waals surface area contributed by atoms with E-state index in [2.05, 4.69) is 20.5 Å². The molecule has 0 aliphatic carbocycles. The predicted molar refractivity (Wildman–Crippen MR) is 103 cm³/mol. The van der Waals surface area contributed by atoms with E-state index >= 15 is 0 Å². The van der Waals surface area contributed by atoms with E-state index in [-0.39, 0.29) is 5.91 Å². The summed E-state index contributed by atoms with van der Waals surface area (Å²) >= 11 is 6.14. The summed E-state index contributed by atoms with van der Waals surface area (Å²) in [5.74, 6) is -0.157. The average Bonchev–Trinajstić information content (AvgIpc) is 2.68. The van der Waals surface area contributed by atoms with Crippen LogP contribution in [0.4, 0.5) is 5.69 Å². The van der Waals surface area contributed by atoms with Crippen LogP contribution in [0.1, 0.15) is 16.1 Å². The molecule has 0 radical (unpaired) electrons. The Morgan fingerprint density at radius 3 is 2.73 bits per heavy atom. The van der Waals surface area contributed by atoms with Crippen molar-refractivity contribution in [2.75, 3.05) is 44.7 Å². The molecule has 3 rings (SSSR count). The fourth-order valence-corrected chi connectivity index (χ4v) is 2.92. The molecule has 7 heteroatoms. The van der Waals surface area contributed by atoms with Crippen LogP contribution in [0.15, 0.2) is 42.6 Å². The molecule has 1 fully saturated rings. The normalized spacial score (nSPS) is 14.8. The van der Waals surface area contributed by atoms with Crippen molar-refractivity contribution in [1.82, 2.24) is 15.2 Å². The molecule has 0 saturated carbocycles. The smallest absolute Gasteiger partial charge is 0.269 e. The Labute approximate surface area is 158 Å². The summed E-state index contributed by atoms with van der Waals surface area (Å²) in [5.41, 5.74) is 2.27. The summed E-state index contributed by atoms with van der Waals surface area (Å²) in [6, 6.07) is 11.3. The van der Waals surface area contributed by atoms with Crippen molar-refractivity contribution >= 4 is 23.2 Å². The predicted octanol–water partition coefficient (Wildman–Crippen LogP) is 2.41. The van der Waals surface area contributed by atoms with Gasteiger partial charge >= 0.3 is 0 Å². The topological polar surface area (TPSA) is 66.5 Å². The van der Waals surface area contributed by atoms with E-state index in [0.717, 1.165) is 49.1 Å². The van der Waals surface area contributed by atoms with E-state index in [1.165, 1.54) is 0 Å². The van der Waals surface area contributed by atoms with Gasteiger partial charge in [0.2, 0.25) is 0 Å². The maximum Gasteiger partial charge on any atom is 0.269 e. The number of anilines is 1. The lowest BCUT2D eigenvalue weighted by molar-refractivity contribution is 0.0383. The van der Waals surface area contributed by atoms with E-state index in [1.807, 2.05) is 30.3 Å². The summed E-state index contributed by atoms with van der Waals surface area (Å²) < 4.78 is 5.31. The van der Waals surface area contributed by atoms with Gasteiger partial charge < -0.3 is 15.4 Å². The van der Waals surface area contributed by atoms with Gasteiger partial charge in [-0.15, -0.1) is 0 Å². The van der Waals surface area contributed by atoms with Crippen LogP contribution in [0.25, 0.3) is 0 Å². The van der Waals surface area contributed by atoms with Gasteiger partial charge in [0.25, 0.3) is 5.91 Å². The van der Waals surface area contributed by atoms with E-state index < -0.39 is 0 Å². The van der Waals surface area contributed by atoms with Crippen molar-refractivity contribution in [2.45, 2.75) is 6.54 Å². The summed E-state index contributed by atoms with van der Waals surface area (Å²) in [6.45, 7) is 5.39. The molecule has 0 atom stereocenters. The maximum atomic E-state index is 12.2. The second-order valence-corrected chi connectivity index (χ2v) is 6.49. The highest BCUT2D eigenvalue weighted by atomic mass is 35.5. The van der Waals surface area contributed by atoms with E-state index in [9.17, 15) is 4.79 Å². The molecule has 1 amide bonds. The molecule has 0 unspecified atom stereocenters. The quantitative estimate of drug-likeness (QED) is 0.779. The second-order valence-electron chi connectivity index (χ2n) is 6.09. The Hall–Kier alpha value is -2.15. The number of hydrogen-bond donors (Lipinski definition) is 2. The van der Waals surface area contributed by atoms with Crippen LogP contribution in [0.3, 0.4) is 0 Å². The first-order valence-electron chi connectivity index (χ1n) is 8.74. The number of halogens is 1. The number of carbonyl (C=O) groups is 1. The van der Waals surface area contributed by atoms with Crippen molar-refractivity contribution in [1.29, 1.82) is 0 Å². The molecule has 1 aliphatic heterocycles. The molecule has 2 N–H and O–H groups in total. The number of pyridine rings is 1. The minimum absolute atomic E-state index is 0.157. The summed E-state index contributed by atoms with van der Waals surface area (Å²) in [5, 5.41) is 6.89.